The summed E-state index contributed by atoms with van der Waals surface area (Å²) in [5.41, 5.74) is -0.200. The number of hydrogen-bond donors (Lipinski definition) is 0. The Bertz CT molecular complexity index is 477. The van der Waals surface area contributed by atoms with Crippen LogP contribution < -0.4 is 0 Å². The van der Waals surface area contributed by atoms with E-state index in [1.165, 1.54) is 5.57 Å². The Kier molecular flexibility index (Phi) is 1.64. The molecule has 0 amide bonds. The van der Waals surface area contributed by atoms with Gasteiger partial charge in [0.2, 0.25) is 0 Å². The Morgan fingerprint density at radius 2 is 2.06 bits per heavy atom. The molecule has 2 unspecified atom stereocenters. The number of nitriles is 2. The molecular formula is C13H12N2O. The van der Waals surface area contributed by atoms with Gasteiger partial charge >= 0.3 is 0 Å². The van der Waals surface area contributed by atoms with Gasteiger partial charge in [0.1, 0.15) is 5.78 Å². The Morgan fingerprint density at radius 3 is 2.56 bits per heavy atom. The molecule has 0 saturated heterocycles. The Hall–Kier alpha value is -1.61. The van der Waals surface area contributed by atoms with Crippen LogP contribution in [0, 0.1) is 39.4 Å². The summed E-state index contributed by atoms with van der Waals surface area (Å²) in [5.74, 6) is -0.199. The van der Waals surface area contributed by atoms with Crippen molar-refractivity contribution in [2.75, 3.05) is 0 Å². The third-order valence-corrected chi connectivity index (χ3v) is 4.60. The summed E-state index contributed by atoms with van der Waals surface area (Å²) in [5, 5.41) is 18.5. The largest absolute Gasteiger partial charge is 0.299 e. The van der Waals surface area contributed by atoms with Gasteiger partial charge in [-0.05, 0) is 25.7 Å². The maximum absolute atomic E-state index is 11.8. The van der Waals surface area contributed by atoms with E-state index in [0.717, 1.165) is 19.3 Å². The van der Waals surface area contributed by atoms with Gasteiger partial charge in [-0.25, -0.2) is 0 Å². The molecule has 2 fully saturated rings. The fourth-order valence-corrected chi connectivity index (χ4v) is 3.89. The summed E-state index contributed by atoms with van der Waals surface area (Å²) in [6, 6.07) is 4.26. The third kappa shape index (κ3) is 0.747. The van der Waals surface area contributed by atoms with Crippen LogP contribution in [0.2, 0.25) is 0 Å². The van der Waals surface area contributed by atoms with Crippen molar-refractivity contribution in [1.29, 1.82) is 10.5 Å². The van der Waals surface area contributed by atoms with Crippen LogP contribution in [-0.4, -0.2) is 5.78 Å². The first-order valence-corrected chi connectivity index (χ1v) is 5.77. The molecular weight excluding hydrogens is 200 g/mol. The molecule has 2 saturated carbocycles. The van der Waals surface area contributed by atoms with Gasteiger partial charge in [-0.2, -0.15) is 10.5 Å². The number of Topliss-reactive ketones (excluding diaryl/α,β-unsaturated/α-hetero) is 1. The number of hydrogen-bond acceptors (Lipinski definition) is 3. The molecule has 0 radical (unpaired) electrons. The number of carbonyl (C=O) groups excluding carboxylic acids is 1. The molecule has 0 bridgehead atoms. The van der Waals surface area contributed by atoms with E-state index >= 15 is 0 Å². The average molecular weight is 212 g/mol. The minimum atomic E-state index is -1.03. The zero-order valence-electron chi connectivity index (χ0n) is 8.99. The van der Waals surface area contributed by atoms with E-state index in [4.69, 9.17) is 0 Å². The molecule has 2 atom stereocenters. The number of carbonyl (C=O) groups is 1. The average Bonchev–Trinajstić information content (AvgIpc) is 2.70. The first-order valence-electron chi connectivity index (χ1n) is 5.77. The molecule has 0 aromatic heterocycles. The van der Waals surface area contributed by atoms with Gasteiger partial charge in [0.05, 0.1) is 18.1 Å². The van der Waals surface area contributed by atoms with Crippen molar-refractivity contribution in [3.8, 4) is 12.1 Å². The van der Waals surface area contributed by atoms with E-state index in [0.29, 0.717) is 12.8 Å². The molecule has 80 valence electrons. The molecule has 16 heavy (non-hydrogen) atoms. The molecule has 0 aromatic rings. The predicted octanol–water partition coefficient (Wildman–Crippen LogP) is 2.11. The minimum absolute atomic E-state index is 0.121. The quantitative estimate of drug-likeness (QED) is 0.625. The van der Waals surface area contributed by atoms with Gasteiger partial charge in [0.15, 0.2) is 5.41 Å². The molecule has 3 aliphatic carbocycles. The molecule has 0 spiro atoms. The SMILES string of the molecule is N#CC1(C#N)C2C(=O)CCC21C1=CCCC1. The van der Waals surface area contributed by atoms with Gasteiger partial charge in [-0.15, -0.1) is 0 Å². The van der Waals surface area contributed by atoms with Crippen LogP contribution in [0.1, 0.15) is 32.1 Å². The minimum Gasteiger partial charge on any atom is -0.299 e. The van der Waals surface area contributed by atoms with E-state index < -0.39 is 5.41 Å². The van der Waals surface area contributed by atoms with E-state index in [1.54, 1.807) is 0 Å². The maximum Gasteiger partial charge on any atom is 0.164 e. The number of rotatable bonds is 1. The second-order valence-corrected chi connectivity index (χ2v) is 5.02. The number of allylic oxidation sites excluding steroid dienone is 2. The zero-order valence-corrected chi connectivity index (χ0v) is 8.99. The Labute approximate surface area is 94.4 Å². The maximum atomic E-state index is 11.8. The molecule has 3 rings (SSSR count). The van der Waals surface area contributed by atoms with Crippen molar-refractivity contribution in [3.63, 3.8) is 0 Å². The van der Waals surface area contributed by atoms with Gasteiger partial charge in [-0.3, -0.25) is 4.79 Å². The van der Waals surface area contributed by atoms with Crippen LogP contribution in [-0.2, 0) is 4.79 Å². The standard InChI is InChI=1S/C13H12N2O/c14-7-12(8-15)11-10(16)5-6-13(11,12)9-3-1-2-4-9/h3,11H,1-2,4-6H2. The fourth-order valence-electron chi connectivity index (χ4n) is 3.89. The monoisotopic (exact) mass is 212 g/mol. The van der Waals surface area contributed by atoms with Gasteiger partial charge in [0, 0.05) is 11.8 Å². The van der Waals surface area contributed by atoms with Crippen molar-refractivity contribution in [2.45, 2.75) is 32.1 Å². The van der Waals surface area contributed by atoms with Crippen LogP contribution in [0.25, 0.3) is 0 Å². The van der Waals surface area contributed by atoms with Crippen molar-refractivity contribution in [1.82, 2.24) is 0 Å². The molecule has 3 nitrogen and oxygen atoms in total. The van der Waals surface area contributed by atoms with Crippen LogP contribution >= 0.6 is 0 Å². The topological polar surface area (TPSA) is 64.7 Å². The van der Waals surface area contributed by atoms with Crippen LogP contribution in [0.5, 0.6) is 0 Å². The summed E-state index contributed by atoms with van der Waals surface area (Å²) < 4.78 is 0. The third-order valence-electron chi connectivity index (χ3n) is 4.60. The highest BCUT2D eigenvalue weighted by Crippen LogP contribution is 2.79. The van der Waals surface area contributed by atoms with Crippen LogP contribution in [0.15, 0.2) is 11.6 Å². The molecule has 0 N–H and O–H groups in total. The fraction of sp³-hybridized carbons (Fsp3) is 0.615. The highest BCUT2D eigenvalue weighted by atomic mass is 16.1. The van der Waals surface area contributed by atoms with Crippen LogP contribution in [0.4, 0.5) is 0 Å². The van der Waals surface area contributed by atoms with E-state index in [1.807, 2.05) is 0 Å². The van der Waals surface area contributed by atoms with Crippen molar-refractivity contribution >= 4 is 5.78 Å². The highest BCUT2D eigenvalue weighted by molar-refractivity contribution is 5.93. The summed E-state index contributed by atoms with van der Waals surface area (Å²) >= 11 is 0. The lowest BCUT2D eigenvalue weighted by Gasteiger charge is -2.16. The van der Waals surface area contributed by atoms with E-state index in [2.05, 4.69) is 18.2 Å². The summed E-state index contributed by atoms with van der Waals surface area (Å²) in [7, 11) is 0. The van der Waals surface area contributed by atoms with E-state index in [9.17, 15) is 15.3 Å². The first kappa shape index (κ1) is 9.60. The zero-order chi connectivity index (χ0) is 11.4. The summed E-state index contributed by atoms with van der Waals surface area (Å²) in [6.45, 7) is 0. The van der Waals surface area contributed by atoms with Crippen LogP contribution in [0.3, 0.4) is 0 Å². The summed E-state index contributed by atoms with van der Waals surface area (Å²) in [6.07, 6.45) is 6.52. The summed E-state index contributed by atoms with van der Waals surface area (Å²) in [4.78, 5) is 11.8. The van der Waals surface area contributed by atoms with Crippen molar-refractivity contribution < 1.29 is 4.79 Å². The Morgan fingerprint density at radius 1 is 1.31 bits per heavy atom. The molecule has 0 heterocycles. The predicted molar refractivity (Wildman–Crippen MR) is 55.8 cm³/mol. The highest BCUT2D eigenvalue weighted by Gasteiger charge is 2.84. The van der Waals surface area contributed by atoms with Gasteiger partial charge < -0.3 is 0 Å². The van der Waals surface area contributed by atoms with Gasteiger partial charge in [-0.1, -0.05) is 11.6 Å². The normalized spacial score (nSPS) is 38.5. The second kappa shape index (κ2) is 2.74. The molecule has 3 heteroatoms. The number of ketones is 1. The molecule has 3 aliphatic rings. The van der Waals surface area contributed by atoms with E-state index in [-0.39, 0.29) is 17.1 Å². The number of fused-ring (bicyclic) bond motifs is 1. The molecule has 0 aliphatic heterocycles. The Balaban J connectivity index is 2.11. The number of nitrogens with zero attached hydrogens (tertiary/aromatic N) is 2. The lowest BCUT2D eigenvalue weighted by atomic mass is 9.83. The second-order valence-electron chi connectivity index (χ2n) is 5.02. The van der Waals surface area contributed by atoms with Crippen molar-refractivity contribution in [3.05, 3.63) is 11.6 Å². The lowest BCUT2D eigenvalue weighted by Crippen LogP contribution is -2.14. The lowest BCUT2D eigenvalue weighted by molar-refractivity contribution is -0.119. The first-order chi connectivity index (χ1) is 7.73. The van der Waals surface area contributed by atoms with Crippen molar-refractivity contribution in [2.24, 2.45) is 16.7 Å². The smallest absolute Gasteiger partial charge is 0.164 e. The molecule has 0 aromatic carbocycles. The van der Waals surface area contributed by atoms with Gasteiger partial charge in [0.25, 0.3) is 0 Å².